The first-order valence-corrected chi connectivity index (χ1v) is 5.98. The van der Waals surface area contributed by atoms with Gasteiger partial charge in [-0.1, -0.05) is 48.2 Å². The van der Waals surface area contributed by atoms with Crippen LogP contribution in [0.1, 0.15) is 18.9 Å². The third kappa shape index (κ3) is 3.11. The Bertz CT molecular complexity index is 614. The van der Waals surface area contributed by atoms with Gasteiger partial charge in [-0.15, -0.1) is 0 Å². The van der Waals surface area contributed by atoms with Crippen LogP contribution < -0.4 is 5.32 Å². The minimum atomic E-state index is -0.0121. The van der Waals surface area contributed by atoms with Gasteiger partial charge >= 0.3 is 0 Å². The lowest BCUT2D eigenvalue weighted by molar-refractivity contribution is -0.118. The second-order valence-corrected chi connectivity index (χ2v) is 4.06. The van der Waals surface area contributed by atoms with E-state index in [4.69, 9.17) is 0 Å². The van der Waals surface area contributed by atoms with Crippen LogP contribution in [0.4, 0.5) is 0 Å². The van der Waals surface area contributed by atoms with E-state index in [9.17, 15) is 4.79 Å². The van der Waals surface area contributed by atoms with Crippen molar-refractivity contribution < 1.29 is 4.79 Å². The fourth-order valence-electron chi connectivity index (χ4n) is 1.79. The van der Waals surface area contributed by atoms with Gasteiger partial charge in [0.05, 0.1) is 0 Å². The van der Waals surface area contributed by atoms with Gasteiger partial charge in [0.15, 0.2) is 0 Å². The average molecular weight is 237 g/mol. The molecule has 0 radical (unpaired) electrons. The predicted molar refractivity (Wildman–Crippen MR) is 74.1 cm³/mol. The highest BCUT2D eigenvalue weighted by molar-refractivity contribution is 5.88. The number of amides is 1. The molecule has 0 fully saturated rings. The smallest absolute Gasteiger partial charge is 0.216 e. The van der Waals surface area contributed by atoms with Gasteiger partial charge in [0.1, 0.15) is 0 Å². The minimum absolute atomic E-state index is 0.0121. The van der Waals surface area contributed by atoms with E-state index >= 15 is 0 Å². The highest BCUT2D eigenvalue weighted by Gasteiger charge is 1.95. The van der Waals surface area contributed by atoms with Crippen molar-refractivity contribution >= 4 is 16.7 Å². The molecule has 2 rings (SSSR count). The lowest BCUT2D eigenvalue weighted by Gasteiger charge is -1.99. The molecule has 2 nitrogen and oxygen atoms in total. The Morgan fingerprint density at radius 2 is 1.94 bits per heavy atom. The van der Waals surface area contributed by atoms with Crippen LogP contribution in [0.15, 0.2) is 42.5 Å². The van der Waals surface area contributed by atoms with Crippen molar-refractivity contribution in [2.24, 2.45) is 0 Å². The van der Waals surface area contributed by atoms with E-state index < -0.39 is 0 Å². The summed E-state index contributed by atoms with van der Waals surface area (Å²) < 4.78 is 0. The van der Waals surface area contributed by atoms with Crippen molar-refractivity contribution in [3.8, 4) is 11.8 Å². The average Bonchev–Trinajstić information content (AvgIpc) is 2.38. The summed E-state index contributed by atoms with van der Waals surface area (Å²) in [5, 5.41) is 5.10. The summed E-state index contributed by atoms with van der Waals surface area (Å²) in [6.07, 6.45) is 0.669. The maximum absolute atomic E-state index is 10.7. The van der Waals surface area contributed by atoms with Crippen LogP contribution in [-0.2, 0) is 4.79 Å². The standard InChI is InChI=1S/C16H15NO/c1-13(18)17-12-5-4-8-15-10-6-9-14-7-2-3-11-16(14)15/h2-3,6-7,9-11H,5,12H2,1H3,(H,17,18). The second-order valence-electron chi connectivity index (χ2n) is 4.06. The first kappa shape index (κ1) is 12.2. The van der Waals surface area contributed by atoms with E-state index in [1.807, 2.05) is 24.3 Å². The summed E-state index contributed by atoms with van der Waals surface area (Å²) in [6, 6.07) is 14.3. The summed E-state index contributed by atoms with van der Waals surface area (Å²) in [4.78, 5) is 10.7. The first-order valence-electron chi connectivity index (χ1n) is 5.98. The Kier molecular flexibility index (Phi) is 3.98. The Balaban J connectivity index is 2.12. The number of hydrogen-bond donors (Lipinski definition) is 1. The lowest BCUT2D eigenvalue weighted by atomic mass is 10.1. The molecule has 2 aromatic rings. The summed E-state index contributed by atoms with van der Waals surface area (Å²) in [6.45, 7) is 2.12. The summed E-state index contributed by atoms with van der Waals surface area (Å²) in [5.74, 6) is 6.23. The number of benzene rings is 2. The topological polar surface area (TPSA) is 29.1 Å². The fraction of sp³-hybridized carbons (Fsp3) is 0.188. The van der Waals surface area contributed by atoms with Gasteiger partial charge in [-0.05, 0) is 16.8 Å². The zero-order valence-electron chi connectivity index (χ0n) is 10.4. The highest BCUT2D eigenvalue weighted by Crippen LogP contribution is 2.17. The van der Waals surface area contributed by atoms with Crippen molar-refractivity contribution in [2.75, 3.05) is 6.54 Å². The zero-order chi connectivity index (χ0) is 12.8. The molecule has 0 spiro atoms. The number of carbonyl (C=O) groups excluding carboxylic acids is 1. The van der Waals surface area contributed by atoms with Crippen LogP contribution >= 0.6 is 0 Å². The largest absolute Gasteiger partial charge is 0.355 e. The molecule has 0 aliphatic rings. The second kappa shape index (κ2) is 5.88. The van der Waals surface area contributed by atoms with E-state index in [0.717, 1.165) is 5.56 Å². The lowest BCUT2D eigenvalue weighted by Crippen LogP contribution is -2.20. The zero-order valence-corrected chi connectivity index (χ0v) is 10.4. The highest BCUT2D eigenvalue weighted by atomic mass is 16.1. The number of fused-ring (bicyclic) bond motifs is 1. The molecule has 0 heterocycles. The quantitative estimate of drug-likeness (QED) is 0.631. The Hall–Kier alpha value is -2.27. The van der Waals surface area contributed by atoms with Gasteiger partial charge in [-0.2, -0.15) is 0 Å². The molecule has 2 heteroatoms. The van der Waals surface area contributed by atoms with Crippen LogP contribution in [0.5, 0.6) is 0 Å². The number of carbonyl (C=O) groups is 1. The van der Waals surface area contributed by atoms with Gasteiger partial charge in [-0.3, -0.25) is 4.79 Å². The molecule has 2 aromatic carbocycles. The molecule has 0 aromatic heterocycles. The van der Waals surface area contributed by atoms with E-state index in [1.54, 1.807) is 0 Å². The molecule has 0 aliphatic carbocycles. The van der Waals surface area contributed by atoms with Crippen LogP contribution in [0.25, 0.3) is 10.8 Å². The van der Waals surface area contributed by atoms with Gasteiger partial charge < -0.3 is 5.32 Å². The van der Waals surface area contributed by atoms with E-state index in [1.165, 1.54) is 17.7 Å². The molecule has 0 atom stereocenters. The van der Waals surface area contributed by atoms with Crippen LogP contribution in [0.3, 0.4) is 0 Å². The van der Waals surface area contributed by atoms with Gasteiger partial charge in [0, 0.05) is 25.5 Å². The number of rotatable bonds is 2. The van der Waals surface area contributed by atoms with Crippen molar-refractivity contribution in [3.63, 3.8) is 0 Å². The van der Waals surface area contributed by atoms with Crippen molar-refractivity contribution in [1.82, 2.24) is 5.32 Å². The van der Waals surface area contributed by atoms with Crippen LogP contribution in [0.2, 0.25) is 0 Å². The normalized spacial score (nSPS) is 9.61. The summed E-state index contributed by atoms with van der Waals surface area (Å²) in [7, 11) is 0. The van der Waals surface area contributed by atoms with Crippen molar-refractivity contribution in [2.45, 2.75) is 13.3 Å². The molecule has 0 aliphatic heterocycles. The number of nitrogens with one attached hydrogen (secondary N) is 1. The van der Waals surface area contributed by atoms with Crippen molar-refractivity contribution in [1.29, 1.82) is 0 Å². The monoisotopic (exact) mass is 237 g/mol. The molecule has 1 amide bonds. The van der Waals surface area contributed by atoms with Gasteiger partial charge in [-0.25, -0.2) is 0 Å². The van der Waals surface area contributed by atoms with Gasteiger partial charge in [0.2, 0.25) is 5.91 Å². The van der Waals surface area contributed by atoms with Crippen LogP contribution in [-0.4, -0.2) is 12.5 Å². The molecule has 1 N–H and O–H groups in total. The van der Waals surface area contributed by atoms with Crippen molar-refractivity contribution in [3.05, 3.63) is 48.0 Å². The maximum atomic E-state index is 10.7. The molecular weight excluding hydrogens is 222 g/mol. The molecule has 0 saturated carbocycles. The molecule has 0 bridgehead atoms. The third-order valence-electron chi connectivity index (χ3n) is 2.64. The predicted octanol–water partition coefficient (Wildman–Crippen LogP) is 2.72. The molecular formula is C16H15NO. The third-order valence-corrected chi connectivity index (χ3v) is 2.64. The van der Waals surface area contributed by atoms with E-state index in [-0.39, 0.29) is 5.91 Å². The first-order chi connectivity index (χ1) is 8.77. The Labute approximate surface area is 107 Å². The molecule has 90 valence electrons. The Morgan fingerprint density at radius 3 is 2.78 bits per heavy atom. The summed E-state index contributed by atoms with van der Waals surface area (Å²) in [5.41, 5.74) is 1.04. The summed E-state index contributed by atoms with van der Waals surface area (Å²) >= 11 is 0. The van der Waals surface area contributed by atoms with Gasteiger partial charge in [0.25, 0.3) is 0 Å². The molecule has 0 unspecified atom stereocenters. The Morgan fingerprint density at radius 1 is 1.17 bits per heavy atom. The van der Waals surface area contributed by atoms with E-state index in [2.05, 4.69) is 35.4 Å². The molecule has 0 saturated heterocycles. The number of hydrogen-bond acceptors (Lipinski definition) is 1. The van der Waals surface area contributed by atoms with Crippen LogP contribution in [0, 0.1) is 11.8 Å². The minimum Gasteiger partial charge on any atom is -0.355 e. The molecule has 18 heavy (non-hydrogen) atoms. The maximum Gasteiger partial charge on any atom is 0.216 e. The fourth-order valence-corrected chi connectivity index (χ4v) is 1.79. The SMILES string of the molecule is CC(=O)NCCC#Cc1cccc2ccccc12. The van der Waals surface area contributed by atoms with E-state index in [0.29, 0.717) is 13.0 Å².